The van der Waals surface area contributed by atoms with Crippen LogP contribution in [0.25, 0.3) is 0 Å². The number of aryl methyl sites for hydroxylation is 1. The van der Waals surface area contributed by atoms with Gasteiger partial charge in [-0.2, -0.15) is 0 Å². The standard InChI is InChI=1S/C14H16N2O4/c1-3-19-14(18)11-8-16(2)9-12(11)15-13(17)7-10-5-4-6-20-10/h4-6,8-9H,3,7H2,1-2H3,(H,15,17). The van der Waals surface area contributed by atoms with Crippen molar-refractivity contribution in [2.24, 2.45) is 7.05 Å². The summed E-state index contributed by atoms with van der Waals surface area (Å²) in [6, 6.07) is 3.44. The van der Waals surface area contributed by atoms with Gasteiger partial charge in [0.2, 0.25) is 5.91 Å². The number of ether oxygens (including phenoxy) is 1. The van der Waals surface area contributed by atoms with Crippen molar-refractivity contribution in [1.82, 2.24) is 4.57 Å². The van der Waals surface area contributed by atoms with Crippen molar-refractivity contribution in [3.63, 3.8) is 0 Å². The summed E-state index contributed by atoms with van der Waals surface area (Å²) in [7, 11) is 1.77. The van der Waals surface area contributed by atoms with E-state index in [0.29, 0.717) is 17.0 Å². The molecule has 0 saturated heterocycles. The van der Waals surface area contributed by atoms with E-state index in [-0.39, 0.29) is 18.9 Å². The first-order valence-corrected chi connectivity index (χ1v) is 6.25. The summed E-state index contributed by atoms with van der Waals surface area (Å²) in [5.74, 6) is -0.144. The van der Waals surface area contributed by atoms with E-state index in [4.69, 9.17) is 9.15 Å². The predicted octanol–water partition coefficient (Wildman–Crippen LogP) is 1.98. The molecule has 1 amide bonds. The van der Waals surface area contributed by atoms with E-state index in [0.717, 1.165) is 0 Å². The Balaban J connectivity index is 2.08. The molecule has 0 radical (unpaired) electrons. The van der Waals surface area contributed by atoms with Gasteiger partial charge in [-0.3, -0.25) is 4.79 Å². The molecule has 1 N–H and O–H groups in total. The van der Waals surface area contributed by atoms with Gasteiger partial charge in [0, 0.05) is 19.4 Å². The third-order valence-corrected chi connectivity index (χ3v) is 2.64. The molecular formula is C14H16N2O4. The molecule has 6 heteroatoms. The second-order valence-corrected chi connectivity index (χ2v) is 4.28. The van der Waals surface area contributed by atoms with Gasteiger partial charge in [-0.25, -0.2) is 4.79 Å². The summed E-state index contributed by atoms with van der Waals surface area (Å²) in [6.45, 7) is 2.02. The van der Waals surface area contributed by atoms with E-state index in [1.54, 1.807) is 43.1 Å². The number of rotatable bonds is 5. The van der Waals surface area contributed by atoms with Crippen LogP contribution < -0.4 is 5.32 Å². The summed E-state index contributed by atoms with van der Waals surface area (Å²) in [5.41, 5.74) is 0.768. The van der Waals surface area contributed by atoms with Gasteiger partial charge in [0.25, 0.3) is 0 Å². The zero-order chi connectivity index (χ0) is 14.5. The van der Waals surface area contributed by atoms with Crippen LogP contribution in [0.3, 0.4) is 0 Å². The minimum Gasteiger partial charge on any atom is -0.469 e. The normalized spacial score (nSPS) is 10.3. The number of furan rings is 1. The molecule has 0 bridgehead atoms. The number of amides is 1. The number of carbonyl (C=O) groups is 2. The zero-order valence-electron chi connectivity index (χ0n) is 11.4. The highest BCUT2D eigenvalue weighted by molar-refractivity contribution is 6.01. The lowest BCUT2D eigenvalue weighted by Gasteiger charge is -2.05. The average Bonchev–Trinajstić information content (AvgIpc) is 2.99. The molecule has 2 heterocycles. The Bertz CT molecular complexity index is 599. The molecule has 2 rings (SSSR count). The first-order chi connectivity index (χ1) is 9.60. The lowest BCUT2D eigenvalue weighted by Crippen LogP contribution is -2.16. The van der Waals surface area contributed by atoms with Crippen molar-refractivity contribution < 1.29 is 18.7 Å². The average molecular weight is 276 g/mol. The smallest absolute Gasteiger partial charge is 0.341 e. The van der Waals surface area contributed by atoms with Crippen molar-refractivity contribution in [3.05, 3.63) is 42.1 Å². The van der Waals surface area contributed by atoms with Crippen LogP contribution in [0.4, 0.5) is 5.69 Å². The van der Waals surface area contributed by atoms with E-state index < -0.39 is 5.97 Å². The Labute approximate surface area is 116 Å². The van der Waals surface area contributed by atoms with E-state index >= 15 is 0 Å². The highest BCUT2D eigenvalue weighted by atomic mass is 16.5. The maximum atomic E-state index is 11.9. The van der Waals surface area contributed by atoms with Crippen molar-refractivity contribution in [2.45, 2.75) is 13.3 Å². The molecule has 0 saturated carbocycles. The lowest BCUT2D eigenvalue weighted by molar-refractivity contribution is -0.115. The van der Waals surface area contributed by atoms with Crippen LogP contribution in [-0.2, 0) is 23.0 Å². The van der Waals surface area contributed by atoms with Crippen molar-refractivity contribution in [3.8, 4) is 0 Å². The molecular weight excluding hydrogens is 260 g/mol. The Morgan fingerprint density at radius 1 is 1.40 bits per heavy atom. The third kappa shape index (κ3) is 3.28. The number of hydrogen-bond donors (Lipinski definition) is 1. The van der Waals surface area contributed by atoms with Crippen LogP contribution in [0.15, 0.2) is 35.2 Å². The molecule has 0 atom stereocenters. The number of anilines is 1. The van der Waals surface area contributed by atoms with Crippen LogP contribution in [0.2, 0.25) is 0 Å². The maximum absolute atomic E-state index is 11.9. The summed E-state index contributed by atoms with van der Waals surface area (Å²) in [5, 5.41) is 2.69. The summed E-state index contributed by atoms with van der Waals surface area (Å²) in [6.07, 6.45) is 4.89. The summed E-state index contributed by atoms with van der Waals surface area (Å²) < 4.78 is 11.7. The minimum absolute atomic E-state index is 0.115. The minimum atomic E-state index is -0.457. The molecule has 2 aromatic rings. The Kier molecular flexibility index (Phi) is 4.24. The molecule has 0 aliphatic carbocycles. The number of nitrogens with zero attached hydrogens (tertiary/aromatic N) is 1. The first-order valence-electron chi connectivity index (χ1n) is 6.25. The van der Waals surface area contributed by atoms with E-state index in [2.05, 4.69) is 5.32 Å². The van der Waals surface area contributed by atoms with Crippen LogP contribution in [-0.4, -0.2) is 23.1 Å². The Morgan fingerprint density at radius 3 is 2.85 bits per heavy atom. The van der Waals surface area contributed by atoms with Gasteiger partial charge >= 0.3 is 5.97 Å². The monoisotopic (exact) mass is 276 g/mol. The molecule has 106 valence electrons. The molecule has 0 unspecified atom stereocenters. The molecule has 0 aliphatic rings. The van der Waals surface area contributed by atoms with E-state index in [1.807, 2.05) is 0 Å². The molecule has 2 aromatic heterocycles. The Morgan fingerprint density at radius 2 is 2.20 bits per heavy atom. The molecule has 0 fully saturated rings. The van der Waals surface area contributed by atoms with Crippen molar-refractivity contribution in [1.29, 1.82) is 0 Å². The van der Waals surface area contributed by atoms with E-state index in [9.17, 15) is 9.59 Å². The van der Waals surface area contributed by atoms with Crippen LogP contribution in [0, 0.1) is 0 Å². The SMILES string of the molecule is CCOC(=O)c1cn(C)cc1NC(=O)Cc1ccco1. The molecule has 0 aliphatic heterocycles. The second kappa shape index (κ2) is 6.10. The molecule has 6 nitrogen and oxygen atoms in total. The molecule has 0 spiro atoms. The molecule has 0 aromatic carbocycles. The number of nitrogens with one attached hydrogen (secondary N) is 1. The first kappa shape index (κ1) is 13.9. The van der Waals surface area contributed by atoms with Gasteiger partial charge in [-0.15, -0.1) is 0 Å². The van der Waals surface area contributed by atoms with E-state index in [1.165, 1.54) is 6.26 Å². The van der Waals surface area contributed by atoms with Gasteiger partial charge in [0.1, 0.15) is 11.3 Å². The van der Waals surface area contributed by atoms with Crippen LogP contribution in [0.1, 0.15) is 23.0 Å². The highest BCUT2D eigenvalue weighted by Crippen LogP contribution is 2.18. The van der Waals surface area contributed by atoms with Gasteiger partial charge < -0.3 is 19.0 Å². The largest absolute Gasteiger partial charge is 0.469 e. The predicted molar refractivity (Wildman–Crippen MR) is 72.4 cm³/mol. The van der Waals surface area contributed by atoms with Crippen LogP contribution in [0.5, 0.6) is 0 Å². The lowest BCUT2D eigenvalue weighted by atomic mass is 10.2. The summed E-state index contributed by atoms with van der Waals surface area (Å²) >= 11 is 0. The fourth-order valence-corrected chi connectivity index (χ4v) is 1.82. The zero-order valence-corrected chi connectivity index (χ0v) is 11.4. The fraction of sp³-hybridized carbons (Fsp3) is 0.286. The number of aromatic nitrogens is 1. The molecule has 20 heavy (non-hydrogen) atoms. The van der Waals surface area contributed by atoms with Gasteiger partial charge in [-0.1, -0.05) is 0 Å². The quantitative estimate of drug-likeness (QED) is 0.847. The fourth-order valence-electron chi connectivity index (χ4n) is 1.82. The number of carbonyl (C=O) groups excluding carboxylic acids is 2. The second-order valence-electron chi connectivity index (χ2n) is 4.28. The van der Waals surface area contributed by atoms with Gasteiger partial charge in [-0.05, 0) is 19.1 Å². The van der Waals surface area contributed by atoms with Gasteiger partial charge in [0.15, 0.2) is 0 Å². The third-order valence-electron chi connectivity index (χ3n) is 2.64. The summed E-state index contributed by atoms with van der Waals surface area (Å²) in [4.78, 5) is 23.7. The highest BCUT2D eigenvalue weighted by Gasteiger charge is 2.17. The van der Waals surface area contributed by atoms with Crippen molar-refractivity contribution in [2.75, 3.05) is 11.9 Å². The number of hydrogen-bond acceptors (Lipinski definition) is 4. The van der Waals surface area contributed by atoms with Gasteiger partial charge in [0.05, 0.1) is 25.0 Å². The Hall–Kier alpha value is -2.50. The maximum Gasteiger partial charge on any atom is 0.341 e. The number of esters is 1. The van der Waals surface area contributed by atoms with Crippen LogP contribution >= 0.6 is 0 Å². The van der Waals surface area contributed by atoms with Crippen molar-refractivity contribution >= 4 is 17.6 Å². The topological polar surface area (TPSA) is 73.5 Å².